The Kier molecular flexibility index (Phi) is 24.6. The predicted molar refractivity (Wildman–Crippen MR) is 426 cm³/mol. The molecule has 0 spiro atoms. The lowest BCUT2D eigenvalue weighted by atomic mass is 10.1. The van der Waals surface area contributed by atoms with Crippen molar-refractivity contribution < 1.29 is 14.4 Å². The van der Waals surface area contributed by atoms with Crippen molar-refractivity contribution in [1.29, 1.82) is 0 Å². The molecule has 0 fully saturated rings. The van der Waals surface area contributed by atoms with Gasteiger partial charge in [-0.3, -0.25) is 44.6 Å². The molecular formula is C83H87N27O3. The number of amides is 3. The van der Waals surface area contributed by atoms with Gasteiger partial charge in [0.2, 0.25) is 0 Å². The molecule has 15 heterocycles. The standard InChI is InChI=1S/C28H29N9O.2C27H27N9O.CH4/c1-5-24(20-7-9-26(30-14-20)37-16-17(2)13-31-37)34-28(38)25-8-6-21(15-29-25)27-32-18(3)10-22(33-27)12-23-11-19(4)35-36-23;2*1-16-12-30-36(15-16)25-8-6-20(13-29-25)19(4)32-27(37)24-7-5-21(14-28-24)26-31-17(2)9-22(33-26)11-23-10-18(3)34-35-23;/h6-11,13-16,24H,5,12H2,1-4H3,(H,34,38)(H,35,36);2*5-10,12-15,19H,11H2,1-4H3,(H,32,37)(H,34,35);1H4/t24-;2*19-;/m110./s1. The second kappa shape index (κ2) is 35.4. The minimum atomic E-state index is -0.273. The summed E-state index contributed by atoms with van der Waals surface area (Å²) in [4.78, 5) is 93.0. The number of nitrogens with zero attached hydrogens (tertiary/aromatic N) is 21. The van der Waals surface area contributed by atoms with Crippen molar-refractivity contribution in [3.63, 3.8) is 0 Å². The summed E-state index contributed by atoms with van der Waals surface area (Å²) in [6.07, 6.45) is 23.7. The first-order chi connectivity index (χ1) is 54.0. The van der Waals surface area contributed by atoms with Crippen LogP contribution in [0.2, 0.25) is 0 Å². The van der Waals surface area contributed by atoms with Gasteiger partial charge in [0.1, 0.15) is 17.1 Å². The van der Waals surface area contributed by atoms with Crippen LogP contribution in [0.5, 0.6) is 0 Å². The molecule has 0 saturated carbocycles. The molecule has 6 N–H and O–H groups in total. The molecule has 0 aliphatic carbocycles. The first-order valence-corrected chi connectivity index (χ1v) is 36.4. The summed E-state index contributed by atoms with van der Waals surface area (Å²) in [5.41, 5.74) is 20.0. The van der Waals surface area contributed by atoms with Crippen molar-refractivity contribution in [2.45, 2.75) is 134 Å². The second-order valence-corrected chi connectivity index (χ2v) is 27.5. The molecule has 0 saturated heterocycles. The van der Waals surface area contributed by atoms with Crippen LogP contribution in [0.4, 0.5) is 0 Å². The number of nitrogens with one attached hydrogen (secondary N) is 6. The molecule has 0 aliphatic rings. The van der Waals surface area contributed by atoms with Gasteiger partial charge >= 0.3 is 0 Å². The van der Waals surface area contributed by atoms with Gasteiger partial charge < -0.3 is 16.0 Å². The molecule has 3 atom stereocenters. The van der Waals surface area contributed by atoms with Gasteiger partial charge in [-0.25, -0.2) is 58.9 Å². The molecule has 113 heavy (non-hydrogen) atoms. The van der Waals surface area contributed by atoms with Crippen molar-refractivity contribution in [1.82, 2.24) is 136 Å². The van der Waals surface area contributed by atoms with Gasteiger partial charge in [-0.05, 0) is 207 Å². The fraction of sp³-hybridized carbons (Fsp3) is 0.241. The number of hydrogen-bond donors (Lipinski definition) is 6. The summed E-state index contributed by atoms with van der Waals surface area (Å²) in [5, 5.41) is 43.6. The lowest BCUT2D eigenvalue weighted by Crippen LogP contribution is -2.29. The van der Waals surface area contributed by atoms with Crippen LogP contribution in [-0.2, 0) is 19.3 Å². The van der Waals surface area contributed by atoms with E-state index in [4.69, 9.17) is 4.98 Å². The van der Waals surface area contributed by atoms with Gasteiger partial charge in [-0.1, -0.05) is 32.5 Å². The number of aromatic amines is 3. The van der Waals surface area contributed by atoms with Crippen LogP contribution in [0.15, 0.2) is 184 Å². The highest BCUT2D eigenvalue weighted by atomic mass is 16.2. The topological polar surface area (TPSA) is 381 Å². The smallest absolute Gasteiger partial charge is 0.270 e. The number of H-pyrrole nitrogens is 3. The van der Waals surface area contributed by atoms with Crippen LogP contribution in [0.25, 0.3) is 51.6 Å². The molecule has 3 amide bonds. The Morgan fingerprint density at radius 1 is 0.363 bits per heavy atom. The van der Waals surface area contributed by atoms with Gasteiger partial charge in [0, 0.05) is 126 Å². The van der Waals surface area contributed by atoms with Crippen LogP contribution in [0.1, 0.15) is 186 Å². The Balaban J connectivity index is 0.000000156. The Labute approximate surface area is 652 Å². The van der Waals surface area contributed by atoms with Crippen LogP contribution in [-0.4, -0.2) is 137 Å². The molecule has 0 bridgehead atoms. The number of carbonyl (C=O) groups is 3. The molecule has 0 unspecified atom stereocenters. The average Bonchev–Trinajstić information content (AvgIpc) is 1.01. The highest BCUT2D eigenvalue weighted by Crippen LogP contribution is 2.25. The van der Waals surface area contributed by atoms with Crippen molar-refractivity contribution in [3.8, 4) is 51.6 Å². The van der Waals surface area contributed by atoms with Gasteiger partial charge in [0.15, 0.2) is 34.9 Å². The number of rotatable bonds is 22. The van der Waals surface area contributed by atoms with Crippen molar-refractivity contribution >= 4 is 17.7 Å². The Bertz CT molecular complexity index is 5510. The number of aryl methyl sites for hydroxylation is 9. The lowest BCUT2D eigenvalue weighted by Gasteiger charge is -2.17. The molecule has 30 nitrogen and oxygen atoms in total. The molecule has 0 aromatic carbocycles. The number of pyridine rings is 6. The number of carbonyl (C=O) groups excluding carboxylic acids is 3. The minimum absolute atomic E-state index is 0. The highest BCUT2D eigenvalue weighted by Gasteiger charge is 2.21. The highest BCUT2D eigenvalue weighted by molar-refractivity contribution is 5.94. The van der Waals surface area contributed by atoms with Crippen LogP contribution in [0, 0.1) is 62.3 Å². The van der Waals surface area contributed by atoms with E-state index in [-0.39, 0.29) is 43.3 Å². The third-order valence-corrected chi connectivity index (χ3v) is 17.8. The molecule has 0 aliphatic heterocycles. The van der Waals surface area contributed by atoms with Gasteiger partial charge in [0.25, 0.3) is 17.7 Å². The Morgan fingerprint density at radius 2 is 0.681 bits per heavy atom. The number of hydrogen-bond acceptors (Lipinski definition) is 21. The van der Waals surface area contributed by atoms with E-state index in [1.54, 1.807) is 88.0 Å². The van der Waals surface area contributed by atoms with Crippen LogP contribution >= 0.6 is 0 Å². The third-order valence-electron chi connectivity index (χ3n) is 17.8. The van der Waals surface area contributed by atoms with Crippen molar-refractivity contribution in [2.75, 3.05) is 0 Å². The lowest BCUT2D eigenvalue weighted by molar-refractivity contribution is 0.0923. The van der Waals surface area contributed by atoms with Gasteiger partial charge in [0.05, 0.1) is 70.9 Å². The summed E-state index contributed by atoms with van der Waals surface area (Å²) < 4.78 is 5.16. The van der Waals surface area contributed by atoms with Crippen LogP contribution < -0.4 is 16.0 Å². The van der Waals surface area contributed by atoms with E-state index in [1.807, 2.05) is 193 Å². The SMILES string of the molecule is C.CC[C@@H](NC(=O)c1ccc(-c2nc(C)cc(Cc3cc(C)[nH]n3)n2)cn1)c1ccc(-n2cc(C)cn2)nc1.Cc1cnn(-c2ccc([C@@H](C)NC(=O)c3ccc(-c4nc(C)cc(Cc5cc(C)[nH]n5)n4)cn3)cn2)c1.Cc1cnn(-c2ccc([C@H](C)NC(=O)c3ccc(-c4nc(C)cc(Cc5cc(C)[nH]n5)n4)cn3)cn2)c1. The summed E-state index contributed by atoms with van der Waals surface area (Å²) in [6, 6.07) is 33.1. The van der Waals surface area contributed by atoms with E-state index >= 15 is 0 Å². The maximum atomic E-state index is 13.0. The first kappa shape index (κ1) is 78.4. The van der Waals surface area contributed by atoms with E-state index in [1.165, 1.54) is 0 Å². The Morgan fingerprint density at radius 3 is 0.938 bits per heavy atom. The van der Waals surface area contributed by atoms with E-state index in [2.05, 4.69) is 117 Å². The minimum Gasteiger partial charge on any atom is -0.344 e. The zero-order valence-corrected chi connectivity index (χ0v) is 64.0. The summed E-state index contributed by atoms with van der Waals surface area (Å²) in [7, 11) is 0. The van der Waals surface area contributed by atoms with Crippen LogP contribution in [0.3, 0.4) is 0 Å². The van der Waals surface area contributed by atoms with E-state index in [9.17, 15) is 14.4 Å². The quantitative estimate of drug-likeness (QED) is 0.0367. The predicted octanol–water partition coefficient (Wildman–Crippen LogP) is 12.6. The average molecular weight is 1510 g/mol. The normalized spacial score (nSPS) is 11.8. The van der Waals surface area contributed by atoms with Gasteiger partial charge in [-0.15, -0.1) is 0 Å². The largest absolute Gasteiger partial charge is 0.344 e. The third kappa shape index (κ3) is 20.4. The fourth-order valence-corrected chi connectivity index (χ4v) is 12.1. The molecule has 30 heteroatoms. The molecule has 0 radical (unpaired) electrons. The zero-order valence-electron chi connectivity index (χ0n) is 64.0. The Hall–Kier alpha value is -14.2. The first-order valence-electron chi connectivity index (χ1n) is 36.4. The maximum absolute atomic E-state index is 13.0. The van der Waals surface area contributed by atoms with E-state index in [0.29, 0.717) is 71.9 Å². The number of aromatic nitrogens is 24. The summed E-state index contributed by atoms with van der Waals surface area (Å²) in [5.74, 6) is 3.05. The second-order valence-electron chi connectivity index (χ2n) is 27.5. The summed E-state index contributed by atoms with van der Waals surface area (Å²) >= 11 is 0. The van der Waals surface area contributed by atoms with E-state index in [0.717, 1.165) is 124 Å². The molecule has 15 aromatic rings. The molecule has 15 rings (SSSR count). The molecule has 572 valence electrons. The zero-order chi connectivity index (χ0) is 78.5. The molecule has 15 aromatic heterocycles. The molecular weight excluding hydrogens is 1420 g/mol. The van der Waals surface area contributed by atoms with Crippen molar-refractivity contribution in [2.24, 2.45) is 0 Å². The monoisotopic (exact) mass is 1510 g/mol. The maximum Gasteiger partial charge on any atom is 0.270 e. The van der Waals surface area contributed by atoms with Gasteiger partial charge in [-0.2, -0.15) is 30.6 Å². The summed E-state index contributed by atoms with van der Waals surface area (Å²) in [6.45, 7) is 23.5. The van der Waals surface area contributed by atoms with E-state index < -0.39 is 0 Å². The fourth-order valence-electron chi connectivity index (χ4n) is 12.1. The van der Waals surface area contributed by atoms with Crippen molar-refractivity contribution in [3.05, 3.63) is 302 Å².